The monoisotopic (exact) mass is 515 g/mol. The van der Waals surface area contributed by atoms with Crippen molar-refractivity contribution in [2.75, 3.05) is 11.1 Å². The summed E-state index contributed by atoms with van der Waals surface area (Å²) in [5.41, 5.74) is 2.68. The maximum absolute atomic E-state index is 12.7. The van der Waals surface area contributed by atoms with Crippen molar-refractivity contribution >= 4 is 45.6 Å². The van der Waals surface area contributed by atoms with Gasteiger partial charge in [0.05, 0.1) is 11.3 Å². The lowest BCUT2D eigenvalue weighted by Gasteiger charge is -2.17. The Morgan fingerprint density at radius 1 is 1.44 bits per heavy atom. The highest BCUT2D eigenvalue weighted by molar-refractivity contribution is 7.99. The van der Waals surface area contributed by atoms with E-state index in [1.165, 1.54) is 28.0 Å². The summed E-state index contributed by atoms with van der Waals surface area (Å²) in [6.07, 6.45) is 2.96. The van der Waals surface area contributed by atoms with E-state index in [0.29, 0.717) is 39.0 Å². The highest BCUT2D eigenvalue weighted by Crippen LogP contribution is 2.39. The molecular weight excluding hydrogens is 490 g/mol. The number of nitriles is 1. The number of aryl methyl sites for hydroxylation is 1. The maximum atomic E-state index is 12.7. The van der Waals surface area contributed by atoms with Crippen molar-refractivity contribution in [3.63, 3.8) is 0 Å². The van der Waals surface area contributed by atoms with E-state index in [4.69, 9.17) is 16.3 Å². The molecular formula is C24H26ClN5O2S2. The predicted octanol–water partition coefficient (Wildman–Crippen LogP) is 5.63. The number of nitrogens with one attached hydrogen (secondary N) is 1. The topological polar surface area (TPSA) is 92.8 Å². The number of aromatic nitrogens is 3. The van der Waals surface area contributed by atoms with Crippen LogP contribution in [0.2, 0.25) is 5.02 Å². The molecule has 1 aromatic carbocycles. The van der Waals surface area contributed by atoms with Crippen LogP contribution in [-0.2, 0) is 30.8 Å². The van der Waals surface area contributed by atoms with Crippen molar-refractivity contribution < 1.29 is 9.53 Å². The van der Waals surface area contributed by atoms with Gasteiger partial charge in [0.15, 0.2) is 11.0 Å². The van der Waals surface area contributed by atoms with Crippen LogP contribution in [0, 0.1) is 24.2 Å². The SMILES string of the molecule is CCn1c(COc2ccc(Cl)cc2C)nnc1SCC(=O)Nc1sc2c(c1C#N)CCC(C)C2. The van der Waals surface area contributed by atoms with Gasteiger partial charge in [0.1, 0.15) is 23.4 Å². The molecule has 2 aromatic heterocycles. The number of amides is 1. The molecule has 7 nitrogen and oxygen atoms in total. The quantitative estimate of drug-likeness (QED) is 0.391. The van der Waals surface area contributed by atoms with Gasteiger partial charge in [-0.3, -0.25) is 4.79 Å². The van der Waals surface area contributed by atoms with Crippen molar-refractivity contribution in [2.24, 2.45) is 5.92 Å². The highest BCUT2D eigenvalue weighted by Gasteiger charge is 2.25. The Balaban J connectivity index is 1.38. The van der Waals surface area contributed by atoms with Gasteiger partial charge in [-0.15, -0.1) is 21.5 Å². The van der Waals surface area contributed by atoms with E-state index in [1.807, 2.05) is 30.5 Å². The largest absolute Gasteiger partial charge is 0.485 e. The minimum Gasteiger partial charge on any atom is -0.485 e. The lowest BCUT2D eigenvalue weighted by atomic mass is 9.89. The Morgan fingerprint density at radius 2 is 2.26 bits per heavy atom. The molecule has 1 amide bonds. The summed E-state index contributed by atoms with van der Waals surface area (Å²) < 4.78 is 7.85. The molecule has 34 heavy (non-hydrogen) atoms. The van der Waals surface area contributed by atoms with Crippen molar-refractivity contribution in [1.29, 1.82) is 5.26 Å². The molecule has 3 aromatic rings. The van der Waals surface area contributed by atoms with Crippen LogP contribution in [0.5, 0.6) is 5.75 Å². The number of hydrogen-bond donors (Lipinski definition) is 1. The average molecular weight is 516 g/mol. The van der Waals surface area contributed by atoms with Gasteiger partial charge in [-0.1, -0.05) is 30.3 Å². The second kappa shape index (κ2) is 10.8. The van der Waals surface area contributed by atoms with E-state index in [-0.39, 0.29) is 18.3 Å². The second-order valence-corrected chi connectivity index (χ2v) is 10.8. The summed E-state index contributed by atoms with van der Waals surface area (Å²) in [5.74, 6) is 2.06. The molecule has 2 heterocycles. The molecule has 0 radical (unpaired) electrons. The number of carbonyl (C=O) groups excluding carboxylic acids is 1. The molecule has 1 aliphatic rings. The van der Waals surface area contributed by atoms with Gasteiger partial charge in [0.2, 0.25) is 5.91 Å². The first kappa shape index (κ1) is 24.6. The van der Waals surface area contributed by atoms with Crippen molar-refractivity contribution in [3.05, 3.63) is 50.6 Å². The fraction of sp³-hybridized carbons (Fsp3) is 0.417. The normalized spacial score (nSPS) is 15.0. The van der Waals surface area contributed by atoms with E-state index < -0.39 is 0 Å². The number of carbonyl (C=O) groups is 1. The number of hydrogen-bond acceptors (Lipinski definition) is 7. The fourth-order valence-electron chi connectivity index (χ4n) is 4.02. The third-order valence-electron chi connectivity index (χ3n) is 5.81. The van der Waals surface area contributed by atoms with Gasteiger partial charge >= 0.3 is 0 Å². The number of thiophene rings is 1. The van der Waals surface area contributed by atoms with E-state index in [1.54, 1.807) is 6.07 Å². The molecule has 0 fully saturated rings. The first-order valence-electron chi connectivity index (χ1n) is 11.2. The molecule has 1 atom stereocenters. The number of ether oxygens (including phenoxy) is 1. The lowest BCUT2D eigenvalue weighted by Crippen LogP contribution is -2.15. The van der Waals surface area contributed by atoms with Crippen LogP contribution < -0.4 is 10.1 Å². The molecule has 0 saturated heterocycles. The van der Waals surface area contributed by atoms with Gasteiger partial charge in [-0.05, 0) is 68.4 Å². The number of thioether (sulfide) groups is 1. The number of rotatable bonds is 8. The van der Waals surface area contributed by atoms with Crippen LogP contribution >= 0.6 is 34.7 Å². The summed E-state index contributed by atoms with van der Waals surface area (Å²) in [6, 6.07) is 7.77. The zero-order valence-corrected chi connectivity index (χ0v) is 21.7. The molecule has 0 spiro atoms. The Morgan fingerprint density at radius 3 is 3.00 bits per heavy atom. The van der Waals surface area contributed by atoms with Crippen molar-refractivity contribution in [1.82, 2.24) is 14.8 Å². The smallest absolute Gasteiger partial charge is 0.235 e. The van der Waals surface area contributed by atoms with Crippen LogP contribution in [0.4, 0.5) is 5.00 Å². The molecule has 0 aliphatic heterocycles. The Bertz CT molecular complexity index is 1250. The third kappa shape index (κ3) is 5.40. The number of fused-ring (bicyclic) bond motifs is 1. The minimum atomic E-state index is -0.159. The molecule has 1 aliphatic carbocycles. The summed E-state index contributed by atoms with van der Waals surface area (Å²) in [5, 5.41) is 23.1. The Hall–Kier alpha value is -2.54. The van der Waals surface area contributed by atoms with Crippen LogP contribution in [0.25, 0.3) is 0 Å². The van der Waals surface area contributed by atoms with Gasteiger partial charge < -0.3 is 14.6 Å². The Labute approximate surface area is 212 Å². The average Bonchev–Trinajstić information content (AvgIpc) is 3.36. The van der Waals surface area contributed by atoms with Gasteiger partial charge in [-0.2, -0.15) is 5.26 Å². The summed E-state index contributed by atoms with van der Waals surface area (Å²) in [7, 11) is 0. The fourth-order valence-corrected chi connectivity index (χ4v) is 6.44. The van der Waals surface area contributed by atoms with Gasteiger partial charge in [0.25, 0.3) is 0 Å². The summed E-state index contributed by atoms with van der Waals surface area (Å²) in [6.45, 7) is 7.09. The third-order valence-corrected chi connectivity index (χ3v) is 8.18. The van der Waals surface area contributed by atoms with Gasteiger partial charge in [0, 0.05) is 16.4 Å². The molecule has 0 bridgehead atoms. The van der Waals surface area contributed by atoms with E-state index in [0.717, 1.165) is 36.1 Å². The number of halogens is 1. The molecule has 178 valence electrons. The van der Waals surface area contributed by atoms with Crippen LogP contribution in [0.1, 0.15) is 47.7 Å². The van der Waals surface area contributed by atoms with Crippen LogP contribution in [0.3, 0.4) is 0 Å². The first-order valence-corrected chi connectivity index (χ1v) is 13.4. The second-order valence-electron chi connectivity index (χ2n) is 8.35. The van der Waals surface area contributed by atoms with Gasteiger partial charge in [-0.25, -0.2) is 0 Å². The van der Waals surface area contributed by atoms with Crippen molar-refractivity contribution in [3.8, 4) is 11.8 Å². The zero-order chi connectivity index (χ0) is 24.2. The number of benzene rings is 1. The molecule has 1 unspecified atom stereocenters. The van der Waals surface area contributed by atoms with E-state index in [2.05, 4.69) is 28.5 Å². The Kier molecular flexibility index (Phi) is 7.81. The van der Waals surface area contributed by atoms with E-state index in [9.17, 15) is 10.1 Å². The lowest BCUT2D eigenvalue weighted by molar-refractivity contribution is -0.113. The maximum Gasteiger partial charge on any atom is 0.235 e. The van der Waals surface area contributed by atoms with Crippen molar-refractivity contribution in [2.45, 2.75) is 58.3 Å². The van der Waals surface area contributed by atoms with Crippen LogP contribution in [0.15, 0.2) is 23.4 Å². The predicted molar refractivity (Wildman–Crippen MR) is 136 cm³/mol. The van der Waals surface area contributed by atoms with E-state index >= 15 is 0 Å². The summed E-state index contributed by atoms with van der Waals surface area (Å²) >= 11 is 8.87. The molecule has 4 rings (SSSR count). The van der Waals surface area contributed by atoms with Crippen LogP contribution in [-0.4, -0.2) is 26.4 Å². The first-order chi connectivity index (χ1) is 16.4. The molecule has 0 saturated carbocycles. The minimum absolute atomic E-state index is 0.159. The highest BCUT2D eigenvalue weighted by atomic mass is 35.5. The number of anilines is 1. The molecule has 1 N–H and O–H groups in total. The number of nitrogens with zero attached hydrogens (tertiary/aromatic N) is 4. The zero-order valence-electron chi connectivity index (χ0n) is 19.4. The molecule has 10 heteroatoms. The summed E-state index contributed by atoms with van der Waals surface area (Å²) in [4.78, 5) is 13.9. The standard InChI is InChI=1S/C24H26ClN5O2S2/c1-4-30-21(12-32-19-8-6-16(25)10-15(19)3)28-29-24(30)33-13-22(31)27-23-18(11-26)17-7-5-14(2)9-20(17)34-23/h6,8,10,14H,4-5,7,9,12-13H2,1-3H3,(H,27,31).